The Bertz CT molecular complexity index is 656. The van der Waals surface area contributed by atoms with Crippen LogP contribution in [0.1, 0.15) is 36.1 Å². The van der Waals surface area contributed by atoms with Crippen molar-refractivity contribution in [1.29, 1.82) is 0 Å². The second-order valence-electron chi connectivity index (χ2n) is 5.81. The largest absolute Gasteiger partial charge is 0.488 e. The van der Waals surface area contributed by atoms with Crippen molar-refractivity contribution in [3.63, 3.8) is 0 Å². The molecule has 0 saturated heterocycles. The summed E-state index contributed by atoms with van der Waals surface area (Å²) in [6.45, 7) is 7.55. The van der Waals surface area contributed by atoms with Gasteiger partial charge in [0.2, 0.25) is 0 Å². The third-order valence-corrected chi connectivity index (χ3v) is 4.01. The number of thiophene rings is 1. The minimum Gasteiger partial charge on any atom is -0.488 e. The van der Waals surface area contributed by atoms with Crippen molar-refractivity contribution in [1.82, 2.24) is 0 Å². The number of rotatable bonds is 3. The van der Waals surface area contributed by atoms with Crippen molar-refractivity contribution in [3.8, 4) is 17.6 Å². The Morgan fingerprint density at radius 3 is 2.62 bits per heavy atom. The molecule has 0 radical (unpaired) electrons. The van der Waals surface area contributed by atoms with Gasteiger partial charge in [0.1, 0.15) is 12.4 Å². The highest BCUT2D eigenvalue weighted by Gasteiger charge is 2.18. The summed E-state index contributed by atoms with van der Waals surface area (Å²) in [5.41, 5.74) is 6.68. The van der Waals surface area contributed by atoms with Gasteiger partial charge in [0.05, 0.1) is 11.4 Å². The van der Waals surface area contributed by atoms with Crippen LogP contribution in [0.4, 0.5) is 0 Å². The summed E-state index contributed by atoms with van der Waals surface area (Å²) in [6, 6.07) is 12.3. The van der Waals surface area contributed by atoms with Crippen molar-refractivity contribution in [3.05, 3.63) is 51.7 Å². The lowest BCUT2D eigenvalue weighted by molar-refractivity contribution is 0.301. The fraction of sp³-hybridized carbons (Fsp3) is 0.333. The maximum absolute atomic E-state index is 6.01. The number of hydrogen-bond acceptors (Lipinski definition) is 3. The Morgan fingerprint density at radius 1 is 1.14 bits per heavy atom. The van der Waals surface area contributed by atoms with E-state index in [0.717, 1.165) is 10.6 Å². The van der Waals surface area contributed by atoms with Crippen molar-refractivity contribution in [2.24, 2.45) is 5.73 Å². The van der Waals surface area contributed by atoms with E-state index in [4.69, 9.17) is 10.5 Å². The summed E-state index contributed by atoms with van der Waals surface area (Å²) in [5.74, 6) is 6.87. The van der Waals surface area contributed by atoms with Crippen molar-refractivity contribution in [2.75, 3.05) is 6.54 Å². The van der Waals surface area contributed by atoms with Crippen LogP contribution in [0.25, 0.3) is 0 Å². The summed E-state index contributed by atoms with van der Waals surface area (Å²) in [4.78, 5) is 2.20. The summed E-state index contributed by atoms with van der Waals surface area (Å²) >= 11 is 1.65. The van der Waals surface area contributed by atoms with Crippen LogP contribution in [0.5, 0.6) is 5.75 Å². The number of ether oxygens (including phenoxy) is 1. The minimum absolute atomic E-state index is 0.0732. The molecule has 0 bridgehead atoms. The molecule has 0 aliphatic carbocycles. The lowest BCUT2D eigenvalue weighted by atomic mass is 9.86. The van der Waals surface area contributed by atoms with Crippen LogP contribution in [0, 0.1) is 11.8 Å². The number of benzene rings is 1. The highest BCUT2D eigenvalue weighted by molar-refractivity contribution is 7.12. The van der Waals surface area contributed by atoms with E-state index in [1.54, 1.807) is 11.3 Å². The van der Waals surface area contributed by atoms with Crippen LogP contribution in [0.3, 0.4) is 0 Å². The molecule has 2 aromatic rings. The second kappa shape index (κ2) is 6.80. The van der Waals surface area contributed by atoms with Gasteiger partial charge in [-0.3, -0.25) is 0 Å². The molecule has 0 aliphatic rings. The molecule has 1 heterocycles. The fourth-order valence-electron chi connectivity index (χ4n) is 2.02. The molecular formula is C18H21NOS. The molecule has 0 amide bonds. The van der Waals surface area contributed by atoms with Gasteiger partial charge < -0.3 is 10.5 Å². The monoisotopic (exact) mass is 299 g/mol. The predicted molar refractivity (Wildman–Crippen MR) is 89.7 cm³/mol. The number of hydrogen-bond donors (Lipinski definition) is 1. The molecule has 1 aromatic heterocycles. The third-order valence-electron chi connectivity index (χ3n) is 3.04. The van der Waals surface area contributed by atoms with Gasteiger partial charge in [0.15, 0.2) is 0 Å². The topological polar surface area (TPSA) is 35.2 Å². The van der Waals surface area contributed by atoms with Gasteiger partial charge in [-0.15, -0.1) is 11.3 Å². The Kier molecular flexibility index (Phi) is 5.06. The van der Waals surface area contributed by atoms with Crippen LogP contribution in [-0.2, 0) is 12.0 Å². The first kappa shape index (κ1) is 15.6. The maximum Gasteiger partial charge on any atom is 0.123 e. The van der Waals surface area contributed by atoms with E-state index in [-0.39, 0.29) is 5.41 Å². The van der Waals surface area contributed by atoms with Crippen LogP contribution in [0.2, 0.25) is 0 Å². The van der Waals surface area contributed by atoms with E-state index >= 15 is 0 Å². The lowest BCUT2D eigenvalue weighted by Gasteiger charge is -2.22. The van der Waals surface area contributed by atoms with Gasteiger partial charge in [-0.05, 0) is 29.2 Å². The molecule has 0 saturated carbocycles. The molecule has 0 aliphatic heterocycles. The average Bonchev–Trinajstić information content (AvgIpc) is 2.90. The third kappa shape index (κ3) is 4.35. The first-order chi connectivity index (χ1) is 10.0. The zero-order chi connectivity index (χ0) is 15.3. The predicted octanol–water partition coefficient (Wildman–Crippen LogP) is 3.93. The molecule has 2 N–H and O–H groups in total. The van der Waals surface area contributed by atoms with Crippen LogP contribution in [0.15, 0.2) is 36.4 Å². The standard InChI is InChI=1S/C18H21NOS/c1-18(2,3)16-8-4-5-9-17(16)20-13-15-11-10-14(21-15)7-6-12-19/h4-5,8-11H,12-13,19H2,1-3H3. The van der Waals surface area contributed by atoms with Gasteiger partial charge in [-0.1, -0.05) is 50.8 Å². The molecule has 0 fully saturated rings. The molecule has 0 unspecified atom stereocenters. The summed E-state index contributed by atoms with van der Waals surface area (Å²) in [6.07, 6.45) is 0. The first-order valence-electron chi connectivity index (χ1n) is 7.00. The minimum atomic E-state index is 0.0732. The smallest absolute Gasteiger partial charge is 0.123 e. The van der Waals surface area contributed by atoms with Crippen molar-refractivity contribution >= 4 is 11.3 Å². The van der Waals surface area contributed by atoms with Crippen LogP contribution < -0.4 is 10.5 Å². The fourth-order valence-corrected chi connectivity index (χ4v) is 2.82. The Morgan fingerprint density at radius 2 is 1.90 bits per heavy atom. The SMILES string of the molecule is CC(C)(C)c1ccccc1OCc1ccc(C#CCN)s1. The van der Waals surface area contributed by atoms with Gasteiger partial charge in [-0.25, -0.2) is 0 Å². The maximum atomic E-state index is 6.01. The molecule has 3 heteroatoms. The normalized spacial score (nSPS) is 10.9. The van der Waals surface area contributed by atoms with E-state index in [2.05, 4.69) is 50.8 Å². The van der Waals surface area contributed by atoms with E-state index in [1.165, 1.54) is 10.4 Å². The molecule has 1 aromatic carbocycles. The average molecular weight is 299 g/mol. The molecule has 2 nitrogen and oxygen atoms in total. The van der Waals surface area contributed by atoms with E-state index in [1.807, 2.05) is 18.2 Å². The molecule has 21 heavy (non-hydrogen) atoms. The van der Waals surface area contributed by atoms with Crippen LogP contribution >= 0.6 is 11.3 Å². The number of para-hydroxylation sites is 1. The highest BCUT2D eigenvalue weighted by Crippen LogP contribution is 2.31. The summed E-state index contributed by atoms with van der Waals surface area (Å²) in [7, 11) is 0. The highest BCUT2D eigenvalue weighted by atomic mass is 32.1. The van der Waals surface area contributed by atoms with Gasteiger partial charge >= 0.3 is 0 Å². The van der Waals surface area contributed by atoms with E-state index in [9.17, 15) is 0 Å². The zero-order valence-electron chi connectivity index (χ0n) is 12.8. The van der Waals surface area contributed by atoms with E-state index in [0.29, 0.717) is 13.2 Å². The van der Waals surface area contributed by atoms with Gasteiger partial charge in [-0.2, -0.15) is 0 Å². The van der Waals surface area contributed by atoms with Crippen molar-refractivity contribution in [2.45, 2.75) is 32.8 Å². The van der Waals surface area contributed by atoms with Gasteiger partial charge in [0, 0.05) is 4.88 Å². The second-order valence-corrected chi connectivity index (χ2v) is 6.98. The summed E-state index contributed by atoms with van der Waals surface area (Å²) in [5, 5.41) is 0. The lowest BCUT2D eigenvalue weighted by Crippen LogP contribution is -2.13. The van der Waals surface area contributed by atoms with E-state index < -0.39 is 0 Å². The van der Waals surface area contributed by atoms with Crippen LogP contribution in [-0.4, -0.2) is 6.54 Å². The Balaban J connectivity index is 2.08. The molecule has 2 rings (SSSR count). The Hall–Kier alpha value is -1.76. The molecule has 110 valence electrons. The molecule has 0 atom stereocenters. The molecule has 0 spiro atoms. The molecular weight excluding hydrogens is 278 g/mol. The zero-order valence-corrected chi connectivity index (χ0v) is 13.6. The van der Waals surface area contributed by atoms with Gasteiger partial charge in [0.25, 0.3) is 0 Å². The Labute approximate surface area is 131 Å². The quantitative estimate of drug-likeness (QED) is 0.871. The van der Waals surface area contributed by atoms with Crippen molar-refractivity contribution < 1.29 is 4.74 Å². The number of nitrogens with two attached hydrogens (primary N) is 1. The summed E-state index contributed by atoms with van der Waals surface area (Å²) < 4.78 is 6.01. The first-order valence-corrected chi connectivity index (χ1v) is 7.82.